The van der Waals surface area contributed by atoms with E-state index < -0.39 is 11.6 Å². The highest BCUT2D eigenvalue weighted by molar-refractivity contribution is 5.91. The first-order valence-electron chi connectivity index (χ1n) is 9.71. The van der Waals surface area contributed by atoms with Gasteiger partial charge in [0.25, 0.3) is 5.91 Å². The molecule has 1 aliphatic heterocycles. The van der Waals surface area contributed by atoms with Crippen molar-refractivity contribution < 1.29 is 22.4 Å². The summed E-state index contributed by atoms with van der Waals surface area (Å²) in [5.41, 5.74) is 0.314. The van der Waals surface area contributed by atoms with Crippen LogP contribution in [0, 0.1) is 11.6 Å². The highest BCUT2D eigenvalue weighted by Gasteiger charge is 2.21. The summed E-state index contributed by atoms with van der Waals surface area (Å²) in [5, 5.41) is 2.72. The summed E-state index contributed by atoms with van der Waals surface area (Å²) in [6.45, 7) is 3.74. The molecule has 0 aliphatic carbocycles. The van der Waals surface area contributed by atoms with Gasteiger partial charge < -0.3 is 14.2 Å². The third kappa shape index (κ3) is 4.92. The van der Waals surface area contributed by atoms with E-state index in [-0.39, 0.29) is 30.3 Å². The molecule has 1 fully saturated rings. The number of nitrogens with one attached hydrogen (secondary N) is 1. The largest absolute Gasteiger partial charge is 0.467 e. The fraction of sp³-hybridized carbons (Fsp3) is 0.333. The molecule has 30 heavy (non-hydrogen) atoms. The minimum Gasteiger partial charge on any atom is -0.467 e. The fourth-order valence-corrected chi connectivity index (χ4v) is 3.36. The smallest absolute Gasteiger partial charge is 0.273 e. The van der Waals surface area contributed by atoms with Gasteiger partial charge in [-0.15, -0.1) is 0 Å². The molecule has 2 aromatic heterocycles. The van der Waals surface area contributed by atoms with Gasteiger partial charge in [-0.05, 0) is 24.3 Å². The Kier molecular flexibility index (Phi) is 6.20. The SMILES string of the molecule is O=C(NCc1ccco1)c1coc(CN2CCN(Cc3c(F)cccc3F)CC2)n1. The predicted molar refractivity (Wildman–Crippen MR) is 103 cm³/mol. The Hall–Kier alpha value is -3.04. The lowest BCUT2D eigenvalue weighted by atomic mass is 10.1. The number of aromatic nitrogens is 1. The van der Waals surface area contributed by atoms with E-state index in [1.165, 1.54) is 24.5 Å². The summed E-state index contributed by atoms with van der Waals surface area (Å²) in [4.78, 5) is 20.6. The van der Waals surface area contributed by atoms with E-state index in [2.05, 4.69) is 15.2 Å². The summed E-state index contributed by atoms with van der Waals surface area (Å²) in [7, 11) is 0. The van der Waals surface area contributed by atoms with Crippen LogP contribution in [0.4, 0.5) is 8.78 Å². The van der Waals surface area contributed by atoms with Crippen LogP contribution in [0.3, 0.4) is 0 Å². The molecule has 0 saturated carbocycles. The van der Waals surface area contributed by atoms with E-state index in [0.717, 1.165) is 0 Å². The van der Waals surface area contributed by atoms with Crippen molar-refractivity contribution in [3.8, 4) is 0 Å². The molecule has 0 spiro atoms. The monoisotopic (exact) mass is 416 g/mol. The van der Waals surface area contributed by atoms with Crippen molar-refractivity contribution in [2.45, 2.75) is 19.6 Å². The number of carbonyl (C=O) groups is 1. The molecular formula is C21H22F2N4O3. The number of furan rings is 1. The van der Waals surface area contributed by atoms with Crippen molar-refractivity contribution in [3.63, 3.8) is 0 Å². The molecule has 1 saturated heterocycles. The van der Waals surface area contributed by atoms with Crippen molar-refractivity contribution in [1.82, 2.24) is 20.1 Å². The zero-order chi connectivity index (χ0) is 20.9. The summed E-state index contributed by atoms with van der Waals surface area (Å²) < 4.78 is 38.3. The third-order valence-electron chi connectivity index (χ3n) is 5.05. The number of halogens is 2. The van der Waals surface area contributed by atoms with E-state index in [9.17, 15) is 13.6 Å². The molecule has 158 valence electrons. The molecular weight excluding hydrogens is 394 g/mol. The third-order valence-corrected chi connectivity index (χ3v) is 5.05. The number of hydrogen-bond donors (Lipinski definition) is 1. The lowest BCUT2D eigenvalue weighted by molar-refractivity contribution is 0.0942. The Bertz CT molecular complexity index is 962. The minimum absolute atomic E-state index is 0.101. The maximum Gasteiger partial charge on any atom is 0.273 e. The van der Waals surface area contributed by atoms with E-state index >= 15 is 0 Å². The molecule has 0 unspecified atom stereocenters. The van der Waals surface area contributed by atoms with Gasteiger partial charge in [-0.25, -0.2) is 13.8 Å². The highest BCUT2D eigenvalue weighted by Crippen LogP contribution is 2.17. The average Bonchev–Trinajstić information content (AvgIpc) is 3.42. The van der Waals surface area contributed by atoms with Gasteiger partial charge in [0, 0.05) is 38.3 Å². The second-order valence-electron chi connectivity index (χ2n) is 7.14. The second kappa shape index (κ2) is 9.19. The summed E-state index contributed by atoms with van der Waals surface area (Å²) in [5.74, 6) is -0.268. The summed E-state index contributed by atoms with van der Waals surface area (Å²) in [6, 6.07) is 7.45. The van der Waals surface area contributed by atoms with Gasteiger partial charge in [0.15, 0.2) is 5.69 Å². The number of carbonyl (C=O) groups excluding carboxylic acids is 1. The Morgan fingerprint density at radius 3 is 2.37 bits per heavy atom. The van der Waals surface area contributed by atoms with Gasteiger partial charge in [0.2, 0.25) is 5.89 Å². The molecule has 7 nitrogen and oxygen atoms in total. The maximum absolute atomic E-state index is 13.8. The molecule has 0 atom stereocenters. The van der Waals surface area contributed by atoms with Crippen LogP contribution in [0.1, 0.15) is 27.7 Å². The van der Waals surface area contributed by atoms with E-state index in [4.69, 9.17) is 8.83 Å². The maximum atomic E-state index is 13.8. The Labute approximate surface area is 172 Å². The van der Waals surface area contributed by atoms with Crippen molar-refractivity contribution in [2.75, 3.05) is 26.2 Å². The van der Waals surface area contributed by atoms with Crippen LogP contribution < -0.4 is 5.32 Å². The quantitative estimate of drug-likeness (QED) is 0.639. The first-order valence-corrected chi connectivity index (χ1v) is 9.71. The lowest BCUT2D eigenvalue weighted by Crippen LogP contribution is -2.45. The van der Waals surface area contributed by atoms with Gasteiger partial charge in [0.1, 0.15) is 23.7 Å². The van der Waals surface area contributed by atoms with Crippen LogP contribution in [-0.4, -0.2) is 46.9 Å². The highest BCUT2D eigenvalue weighted by atomic mass is 19.1. The van der Waals surface area contributed by atoms with Gasteiger partial charge in [-0.2, -0.15) is 0 Å². The Balaban J connectivity index is 1.25. The van der Waals surface area contributed by atoms with Crippen LogP contribution in [-0.2, 0) is 19.6 Å². The molecule has 4 rings (SSSR count). The normalized spacial score (nSPS) is 15.4. The zero-order valence-corrected chi connectivity index (χ0v) is 16.3. The number of oxazole rings is 1. The van der Waals surface area contributed by atoms with E-state index in [0.29, 0.717) is 44.4 Å². The minimum atomic E-state index is -0.518. The topological polar surface area (TPSA) is 74.8 Å². The van der Waals surface area contributed by atoms with Gasteiger partial charge in [-0.1, -0.05) is 6.07 Å². The molecule has 3 heterocycles. The van der Waals surface area contributed by atoms with E-state index in [1.54, 1.807) is 18.4 Å². The number of hydrogen-bond acceptors (Lipinski definition) is 6. The molecule has 1 aromatic carbocycles. The molecule has 3 aromatic rings. The molecule has 0 radical (unpaired) electrons. The number of benzene rings is 1. The lowest BCUT2D eigenvalue weighted by Gasteiger charge is -2.34. The number of rotatable bonds is 7. The predicted octanol–water partition coefficient (Wildman–Crippen LogP) is 2.79. The van der Waals surface area contributed by atoms with Crippen molar-refractivity contribution in [3.05, 3.63) is 77.4 Å². The molecule has 1 amide bonds. The molecule has 9 heteroatoms. The first kappa shape index (κ1) is 20.2. The van der Waals surface area contributed by atoms with Crippen molar-refractivity contribution in [2.24, 2.45) is 0 Å². The van der Waals surface area contributed by atoms with Gasteiger partial charge >= 0.3 is 0 Å². The Morgan fingerprint density at radius 1 is 1.00 bits per heavy atom. The number of amides is 1. The molecule has 0 bridgehead atoms. The summed E-state index contributed by atoms with van der Waals surface area (Å²) >= 11 is 0. The van der Waals surface area contributed by atoms with Gasteiger partial charge in [-0.3, -0.25) is 14.6 Å². The molecule has 1 aliphatic rings. The van der Waals surface area contributed by atoms with Crippen LogP contribution in [0.2, 0.25) is 0 Å². The van der Waals surface area contributed by atoms with Crippen molar-refractivity contribution >= 4 is 5.91 Å². The first-order chi connectivity index (χ1) is 14.6. The standard InChI is InChI=1S/C21H22F2N4O3/c22-17-4-1-5-18(23)16(17)12-26-6-8-27(9-7-26)13-20-25-19(14-30-20)21(28)24-11-15-3-2-10-29-15/h1-5,10,14H,6-9,11-13H2,(H,24,28). The van der Waals surface area contributed by atoms with Crippen LogP contribution in [0.25, 0.3) is 0 Å². The molecule has 1 N–H and O–H groups in total. The van der Waals surface area contributed by atoms with Crippen molar-refractivity contribution in [1.29, 1.82) is 0 Å². The zero-order valence-electron chi connectivity index (χ0n) is 16.3. The van der Waals surface area contributed by atoms with Gasteiger partial charge in [0.05, 0.1) is 19.4 Å². The summed E-state index contributed by atoms with van der Waals surface area (Å²) in [6.07, 6.45) is 2.88. The fourth-order valence-electron chi connectivity index (χ4n) is 3.36. The second-order valence-corrected chi connectivity index (χ2v) is 7.14. The Morgan fingerprint density at radius 2 is 1.70 bits per heavy atom. The van der Waals surface area contributed by atoms with E-state index in [1.807, 2.05) is 4.90 Å². The number of nitrogens with zero attached hydrogens (tertiary/aromatic N) is 3. The number of piperazine rings is 1. The van der Waals surface area contributed by atoms with Crippen LogP contribution >= 0.6 is 0 Å². The van der Waals surface area contributed by atoms with Crippen LogP contribution in [0.5, 0.6) is 0 Å². The average molecular weight is 416 g/mol. The van der Waals surface area contributed by atoms with Crippen LogP contribution in [0.15, 0.2) is 51.7 Å².